The summed E-state index contributed by atoms with van der Waals surface area (Å²) in [5.74, 6) is -0.619. The topological polar surface area (TPSA) is 82.6 Å². The van der Waals surface area contributed by atoms with Crippen molar-refractivity contribution < 1.29 is 14.4 Å². The van der Waals surface area contributed by atoms with Gasteiger partial charge in [-0.05, 0) is 48.6 Å². The molecule has 0 bridgehead atoms. The number of amides is 5. The number of imide groups is 2. The van der Waals surface area contributed by atoms with E-state index in [-0.39, 0.29) is 0 Å². The summed E-state index contributed by atoms with van der Waals surface area (Å²) < 4.78 is 0.518. The lowest BCUT2D eigenvalue weighted by Crippen LogP contribution is -2.55. The zero-order chi connectivity index (χ0) is 22.5. The largest absolute Gasteiger partial charge is 0.351 e. The third-order valence-electron chi connectivity index (χ3n) is 6.39. The van der Waals surface area contributed by atoms with Crippen molar-refractivity contribution in [3.05, 3.63) is 77.6 Å². The van der Waals surface area contributed by atoms with Crippen LogP contribution in [-0.4, -0.2) is 32.3 Å². The number of aromatic nitrogens is 1. The highest BCUT2D eigenvalue weighted by Crippen LogP contribution is 2.46. The highest BCUT2D eigenvalue weighted by atomic mass is 35.5. The number of benzene rings is 2. The molecule has 2 atom stereocenters. The van der Waals surface area contributed by atoms with Crippen LogP contribution >= 0.6 is 11.8 Å². The van der Waals surface area contributed by atoms with Gasteiger partial charge >= 0.3 is 12.1 Å². The van der Waals surface area contributed by atoms with Crippen molar-refractivity contribution in [2.24, 2.45) is 0 Å². The van der Waals surface area contributed by atoms with Crippen molar-refractivity contribution in [1.82, 2.24) is 19.6 Å². The Balaban J connectivity index is 1.54. The molecule has 2 aromatic carbocycles. The van der Waals surface area contributed by atoms with Gasteiger partial charge in [-0.2, -0.15) is 4.42 Å². The molecule has 2 heterocycles. The van der Waals surface area contributed by atoms with Crippen LogP contribution in [-0.2, 0) is 16.8 Å². The first-order valence-electron chi connectivity index (χ1n) is 10.5. The normalized spacial score (nSPS) is 21.2. The molecule has 7 nitrogen and oxygen atoms in total. The maximum absolute atomic E-state index is 13.5. The fraction of sp³-hybridized carbons (Fsp3) is 0.250. The first-order chi connectivity index (χ1) is 15.4. The summed E-state index contributed by atoms with van der Waals surface area (Å²) in [6.07, 6.45) is 3.22. The molecule has 162 valence electrons. The minimum absolute atomic E-state index is 0.301. The molecule has 1 aliphatic heterocycles. The molecule has 8 heteroatoms. The molecule has 1 spiro atoms. The molecule has 1 aromatic heterocycles. The summed E-state index contributed by atoms with van der Waals surface area (Å²) in [5, 5.41) is 4.97. The van der Waals surface area contributed by atoms with Gasteiger partial charge in [-0.1, -0.05) is 48.5 Å². The molecule has 1 aliphatic carbocycles. The van der Waals surface area contributed by atoms with E-state index in [1.54, 1.807) is 18.3 Å². The second kappa shape index (κ2) is 7.60. The smallest absolute Gasteiger partial charge is 0.331 e. The molecule has 0 unspecified atom stereocenters. The molecule has 3 aromatic rings. The Kier molecular flexibility index (Phi) is 4.86. The van der Waals surface area contributed by atoms with E-state index < -0.39 is 29.6 Å². The van der Waals surface area contributed by atoms with Gasteiger partial charge in [0, 0.05) is 29.2 Å². The van der Waals surface area contributed by atoms with E-state index in [2.05, 4.69) is 10.3 Å². The Morgan fingerprint density at radius 2 is 1.91 bits per heavy atom. The lowest BCUT2D eigenvalue weighted by molar-refractivity contribution is -0.130. The summed E-state index contributed by atoms with van der Waals surface area (Å²) >= 11 is 6.07. The number of pyridine rings is 1. The maximum atomic E-state index is 13.5. The van der Waals surface area contributed by atoms with Gasteiger partial charge in [0.05, 0.1) is 6.04 Å². The number of fused-ring (bicyclic) bond motifs is 3. The van der Waals surface area contributed by atoms with Crippen molar-refractivity contribution in [3.8, 4) is 0 Å². The Hall–Kier alpha value is -3.45. The number of nitrogens with one attached hydrogen (secondary N) is 1. The van der Waals surface area contributed by atoms with Crippen LogP contribution in [0.15, 0.2) is 60.8 Å². The molecular formula is C24H21ClN4O3. The summed E-state index contributed by atoms with van der Waals surface area (Å²) in [6.45, 7) is 1.85. The van der Waals surface area contributed by atoms with Crippen LogP contribution < -0.4 is 5.32 Å². The van der Waals surface area contributed by atoms with Crippen molar-refractivity contribution >= 4 is 40.5 Å². The highest BCUT2D eigenvalue weighted by Gasteiger charge is 2.62. The summed E-state index contributed by atoms with van der Waals surface area (Å²) in [6, 6.07) is 15.3. The van der Waals surface area contributed by atoms with Crippen LogP contribution in [0.3, 0.4) is 0 Å². The first kappa shape index (κ1) is 20.5. The van der Waals surface area contributed by atoms with Gasteiger partial charge in [0.25, 0.3) is 5.91 Å². The first-order valence-corrected chi connectivity index (χ1v) is 10.9. The molecule has 0 saturated carbocycles. The van der Waals surface area contributed by atoms with Crippen LogP contribution in [0.25, 0.3) is 10.8 Å². The Morgan fingerprint density at radius 3 is 2.75 bits per heavy atom. The zero-order valence-corrected chi connectivity index (χ0v) is 18.2. The lowest BCUT2D eigenvalue weighted by Gasteiger charge is -2.38. The van der Waals surface area contributed by atoms with Crippen LogP contribution in [0.4, 0.5) is 9.59 Å². The predicted octanol–water partition coefficient (Wildman–Crippen LogP) is 4.66. The van der Waals surface area contributed by atoms with E-state index in [4.69, 9.17) is 11.8 Å². The quantitative estimate of drug-likeness (QED) is 0.456. The standard InChI is InChI=1S/C24H21ClN4O3/c1-15(17-10-4-8-16-7-2-3-9-18(16)17)27-22(31)28-23(32)29(25)21(30)24(28)13-5-12-20-19(24)11-6-14-26-20/h2-4,6-11,14-15H,5,12-13H2,1H3,(H,27,31)/t15-,24-/m0/s1. The third kappa shape index (κ3) is 2.88. The number of aryl methyl sites for hydroxylation is 1. The van der Waals surface area contributed by atoms with Crippen LogP contribution in [0.5, 0.6) is 0 Å². The predicted molar refractivity (Wildman–Crippen MR) is 120 cm³/mol. The van der Waals surface area contributed by atoms with E-state index in [1.165, 1.54) is 0 Å². The van der Waals surface area contributed by atoms with Crippen molar-refractivity contribution in [2.45, 2.75) is 37.8 Å². The molecule has 32 heavy (non-hydrogen) atoms. The third-order valence-corrected chi connectivity index (χ3v) is 6.69. The second-order valence-corrected chi connectivity index (χ2v) is 8.49. The monoisotopic (exact) mass is 448 g/mol. The molecule has 1 fully saturated rings. The molecular weight excluding hydrogens is 428 g/mol. The number of rotatable bonds is 2. The van der Waals surface area contributed by atoms with E-state index in [0.29, 0.717) is 34.9 Å². The SMILES string of the molecule is C[C@H](NC(=O)N1C(=O)N(Cl)C(=O)[C@@]12CCCc1ncccc12)c1cccc2ccccc12. The lowest BCUT2D eigenvalue weighted by atomic mass is 9.77. The van der Waals surface area contributed by atoms with Crippen molar-refractivity contribution in [1.29, 1.82) is 0 Å². The number of hydrogen-bond donors (Lipinski definition) is 1. The van der Waals surface area contributed by atoms with Gasteiger partial charge in [0.1, 0.15) is 0 Å². The van der Waals surface area contributed by atoms with Gasteiger partial charge in [0.2, 0.25) is 0 Å². The van der Waals surface area contributed by atoms with E-state index in [0.717, 1.165) is 21.2 Å². The van der Waals surface area contributed by atoms with E-state index >= 15 is 0 Å². The second-order valence-electron chi connectivity index (χ2n) is 8.16. The molecule has 5 amide bonds. The fourth-order valence-electron chi connectivity index (χ4n) is 4.93. The number of nitrogens with zero attached hydrogens (tertiary/aromatic N) is 3. The van der Waals surface area contributed by atoms with Crippen molar-refractivity contribution in [3.63, 3.8) is 0 Å². The van der Waals surface area contributed by atoms with Gasteiger partial charge < -0.3 is 5.32 Å². The number of urea groups is 2. The minimum Gasteiger partial charge on any atom is -0.331 e. The van der Waals surface area contributed by atoms with E-state index in [1.807, 2.05) is 49.4 Å². The summed E-state index contributed by atoms with van der Waals surface area (Å²) in [7, 11) is 0. The Labute approximate surface area is 190 Å². The van der Waals surface area contributed by atoms with E-state index in [9.17, 15) is 14.4 Å². The molecule has 1 N–H and O–H groups in total. The number of carbonyl (C=O) groups excluding carboxylic acids is 3. The Morgan fingerprint density at radius 1 is 1.12 bits per heavy atom. The van der Waals surface area contributed by atoms with Crippen LogP contribution in [0.1, 0.15) is 42.6 Å². The number of hydrogen-bond acceptors (Lipinski definition) is 4. The Bertz CT molecular complexity index is 1260. The van der Waals surface area contributed by atoms with Gasteiger partial charge in [-0.25, -0.2) is 14.5 Å². The van der Waals surface area contributed by atoms with Gasteiger partial charge in [-0.15, -0.1) is 0 Å². The minimum atomic E-state index is -1.48. The van der Waals surface area contributed by atoms with Crippen LogP contribution in [0, 0.1) is 0 Å². The average molecular weight is 449 g/mol. The highest BCUT2D eigenvalue weighted by molar-refractivity contribution is 6.35. The maximum Gasteiger partial charge on any atom is 0.351 e. The number of halogens is 1. The molecule has 0 radical (unpaired) electrons. The number of carbonyl (C=O) groups is 3. The molecule has 2 aliphatic rings. The van der Waals surface area contributed by atoms with Crippen molar-refractivity contribution in [2.75, 3.05) is 0 Å². The molecule has 1 saturated heterocycles. The van der Waals surface area contributed by atoms with Gasteiger partial charge in [-0.3, -0.25) is 9.78 Å². The summed E-state index contributed by atoms with van der Waals surface area (Å²) in [4.78, 5) is 45.1. The fourth-order valence-corrected chi connectivity index (χ4v) is 5.14. The summed E-state index contributed by atoms with van der Waals surface area (Å²) in [5.41, 5.74) is 0.688. The zero-order valence-electron chi connectivity index (χ0n) is 17.4. The van der Waals surface area contributed by atoms with Gasteiger partial charge in [0.15, 0.2) is 5.54 Å². The molecule has 5 rings (SSSR count). The van der Waals surface area contributed by atoms with Crippen LogP contribution in [0.2, 0.25) is 0 Å². The average Bonchev–Trinajstić information content (AvgIpc) is 3.00.